The van der Waals surface area contributed by atoms with Crippen LogP contribution in [0.15, 0.2) is 50.4 Å². The second kappa shape index (κ2) is 5.75. The van der Waals surface area contributed by atoms with Crippen molar-refractivity contribution in [3.05, 3.63) is 52.9 Å². The first-order chi connectivity index (χ1) is 10.9. The summed E-state index contributed by atoms with van der Waals surface area (Å²) < 4.78 is 38.0. The summed E-state index contributed by atoms with van der Waals surface area (Å²) in [6, 6.07) is 7.92. The van der Waals surface area contributed by atoms with Gasteiger partial charge in [-0.2, -0.15) is 0 Å². The summed E-state index contributed by atoms with van der Waals surface area (Å²) in [5.74, 6) is 0.900. The predicted molar refractivity (Wildman–Crippen MR) is 85.9 cm³/mol. The lowest BCUT2D eigenvalue weighted by atomic mass is 10.2. The van der Waals surface area contributed by atoms with Crippen LogP contribution in [0.1, 0.15) is 11.3 Å². The number of anilines is 1. The number of benzene rings is 1. The Morgan fingerprint density at radius 2 is 1.91 bits per heavy atom. The molecule has 0 spiro atoms. The van der Waals surface area contributed by atoms with E-state index < -0.39 is 10.0 Å². The topological polar surface area (TPSA) is 85.3 Å². The molecule has 0 aliphatic rings. The van der Waals surface area contributed by atoms with Gasteiger partial charge in [0.2, 0.25) is 5.76 Å². The van der Waals surface area contributed by atoms with Crippen molar-refractivity contribution in [1.29, 1.82) is 0 Å². The van der Waals surface area contributed by atoms with Gasteiger partial charge in [-0.1, -0.05) is 22.8 Å². The van der Waals surface area contributed by atoms with Gasteiger partial charge in [-0.25, -0.2) is 8.42 Å². The number of aryl methyl sites for hydroxylation is 2. The second-order valence-corrected chi connectivity index (χ2v) is 7.04. The molecule has 0 aliphatic carbocycles. The zero-order valence-electron chi connectivity index (χ0n) is 12.3. The molecule has 0 bridgehead atoms. The standard InChI is InChI=1S/C15H13ClN2O4S/c1-9-3-4-11(7-12(9)16)18-23(19,20)15-8-14(21-10(15)2)13-5-6-17-22-13/h3-8,18H,1-2H3. The SMILES string of the molecule is Cc1ccc(NS(=O)(=O)c2cc(-c3ccno3)oc2C)cc1Cl. The smallest absolute Gasteiger partial charge is 0.265 e. The molecule has 23 heavy (non-hydrogen) atoms. The molecule has 0 unspecified atom stereocenters. The van der Waals surface area contributed by atoms with Crippen molar-refractivity contribution < 1.29 is 17.4 Å². The van der Waals surface area contributed by atoms with E-state index in [1.54, 1.807) is 31.2 Å². The van der Waals surface area contributed by atoms with Crippen LogP contribution in [0.2, 0.25) is 5.02 Å². The van der Waals surface area contributed by atoms with Gasteiger partial charge in [-0.15, -0.1) is 0 Å². The summed E-state index contributed by atoms with van der Waals surface area (Å²) >= 11 is 6.02. The van der Waals surface area contributed by atoms with E-state index in [0.29, 0.717) is 22.2 Å². The molecule has 3 aromatic rings. The Kier molecular flexibility index (Phi) is 3.91. The Bertz CT molecular complexity index is 946. The molecule has 3 rings (SSSR count). The molecule has 8 heteroatoms. The fourth-order valence-corrected chi connectivity index (χ4v) is 3.47. The van der Waals surface area contributed by atoms with Crippen molar-refractivity contribution >= 4 is 27.3 Å². The molecular formula is C15H13ClN2O4S. The molecule has 0 amide bonds. The van der Waals surface area contributed by atoms with Crippen LogP contribution in [0.4, 0.5) is 5.69 Å². The highest BCUT2D eigenvalue weighted by Crippen LogP contribution is 2.29. The van der Waals surface area contributed by atoms with Crippen molar-refractivity contribution in [3.8, 4) is 11.5 Å². The van der Waals surface area contributed by atoms with Crippen molar-refractivity contribution in [3.63, 3.8) is 0 Å². The van der Waals surface area contributed by atoms with Gasteiger partial charge in [0.15, 0.2) is 5.76 Å². The minimum Gasteiger partial charge on any atom is -0.456 e. The van der Waals surface area contributed by atoms with Crippen LogP contribution in [0.25, 0.3) is 11.5 Å². The number of rotatable bonds is 4. The molecule has 0 saturated heterocycles. The Morgan fingerprint density at radius 1 is 1.13 bits per heavy atom. The van der Waals surface area contributed by atoms with Gasteiger partial charge in [0.05, 0.1) is 11.9 Å². The van der Waals surface area contributed by atoms with E-state index in [1.165, 1.54) is 12.3 Å². The van der Waals surface area contributed by atoms with E-state index >= 15 is 0 Å². The molecule has 2 heterocycles. The molecule has 0 atom stereocenters. The van der Waals surface area contributed by atoms with Crippen molar-refractivity contribution in [2.75, 3.05) is 4.72 Å². The number of hydrogen-bond acceptors (Lipinski definition) is 5. The first kappa shape index (κ1) is 15.6. The lowest BCUT2D eigenvalue weighted by Gasteiger charge is -2.08. The van der Waals surface area contributed by atoms with E-state index in [0.717, 1.165) is 5.56 Å². The predicted octanol–water partition coefficient (Wildman–Crippen LogP) is 4.01. The maximum atomic E-state index is 12.5. The van der Waals surface area contributed by atoms with Crippen LogP contribution >= 0.6 is 11.6 Å². The molecule has 1 aromatic carbocycles. The molecule has 2 aromatic heterocycles. The largest absolute Gasteiger partial charge is 0.456 e. The monoisotopic (exact) mass is 352 g/mol. The molecule has 0 fully saturated rings. The van der Waals surface area contributed by atoms with Crippen molar-refractivity contribution in [2.45, 2.75) is 18.7 Å². The Balaban J connectivity index is 1.95. The number of nitrogens with zero attached hydrogens (tertiary/aromatic N) is 1. The minimum absolute atomic E-state index is 0.0283. The molecule has 1 N–H and O–H groups in total. The Hall–Kier alpha value is -2.25. The summed E-state index contributed by atoms with van der Waals surface area (Å²) in [6.45, 7) is 3.40. The zero-order valence-corrected chi connectivity index (χ0v) is 13.9. The Morgan fingerprint density at radius 3 is 2.57 bits per heavy atom. The van der Waals surface area contributed by atoms with Crippen LogP contribution in [-0.2, 0) is 10.0 Å². The quantitative estimate of drug-likeness (QED) is 0.766. The van der Waals surface area contributed by atoms with Crippen LogP contribution in [0.5, 0.6) is 0 Å². The second-order valence-electron chi connectivity index (χ2n) is 4.98. The van der Waals surface area contributed by atoms with Crippen LogP contribution in [0, 0.1) is 13.8 Å². The summed E-state index contributed by atoms with van der Waals surface area (Å²) in [7, 11) is -3.81. The summed E-state index contributed by atoms with van der Waals surface area (Å²) in [4.78, 5) is 0.0283. The van der Waals surface area contributed by atoms with Gasteiger partial charge in [-0.05, 0) is 31.5 Å². The van der Waals surface area contributed by atoms with Crippen molar-refractivity contribution in [1.82, 2.24) is 5.16 Å². The van der Waals surface area contributed by atoms with Crippen LogP contribution in [-0.4, -0.2) is 13.6 Å². The maximum Gasteiger partial charge on any atom is 0.265 e. The van der Waals surface area contributed by atoms with E-state index in [4.69, 9.17) is 20.5 Å². The minimum atomic E-state index is -3.81. The summed E-state index contributed by atoms with van der Waals surface area (Å²) in [6.07, 6.45) is 1.45. The first-order valence-electron chi connectivity index (χ1n) is 6.67. The number of aromatic nitrogens is 1. The van der Waals surface area contributed by atoms with Gasteiger partial charge in [0, 0.05) is 17.2 Å². The first-order valence-corrected chi connectivity index (χ1v) is 8.53. The number of halogens is 1. The van der Waals surface area contributed by atoms with E-state index in [2.05, 4.69) is 9.88 Å². The summed E-state index contributed by atoms with van der Waals surface area (Å²) in [5.41, 5.74) is 1.24. The van der Waals surface area contributed by atoms with Gasteiger partial charge in [-0.3, -0.25) is 4.72 Å². The average molecular weight is 353 g/mol. The number of hydrogen-bond donors (Lipinski definition) is 1. The molecule has 6 nitrogen and oxygen atoms in total. The molecule has 120 valence electrons. The van der Waals surface area contributed by atoms with Crippen LogP contribution < -0.4 is 4.72 Å². The highest BCUT2D eigenvalue weighted by Gasteiger charge is 2.23. The van der Waals surface area contributed by atoms with Crippen molar-refractivity contribution in [2.24, 2.45) is 0 Å². The van der Waals surface area contributed by atoms with Crippen LogP contribution in [0.3, 0.4) is 0 Å². The van der Waals surface area contributed by atoms with E-state index in [1.807, 2.05) is 6.92 Å². The molecule has 0 radical (unpaired) electrons. The fourth-order valence-electron chi connectivity index (χ4n) is 2.06. The third-order valence-corrected chi connectivity index (χ3v) is 5.16. The molecule has 0 saturated carbocycles. The number of sulfonamides is 1. The van der Waals surface area contributed by atoms with E-state index in [9.17, 15) is 8.42 Å². The lowest BCUT2D eigenvalue weighted by Crippen LogP contribution is -2.13. The normalized spacial score (nSPS) is 11.6. The average Bonchev–Trinajstić information content (AvgIpc) is 3.11. The molecular weight excluding hydrogens is 340 g/mol. The highest BCUT2D eigenvalue weighted by atomic mass is 35.5. The molecule has 0 aliphatic heterocycles. The zero-order chi connectivity index (χ0) is 16.6. The van der Waals surface area contributed by atoms with Gasteiger partial charge in [0.1, 0.15) is 10.7 Å². The Labute approximate surface area is 138 Å². The summed E-state index contributed by atoms with van der Waals surface area (Å²) in [5, 5.41) is 4.05. The maximum absolute atomic E-state index is 12.5. The number of nitrogens with one attached hydrogen (secondary N) is 1. The highest BCUT2D eigenvalue weighted by molar-refractivity contribution is 7.92. The lowest BCUT2D eigenvalue weighted by molar-refractivity contribution is 0.414. The third kappa shape index (κ3) is 3.11. The van der Waals surface area contributed by atoms with Gasteiger partial charge < -0.3 is 8.94 Å². The van der Waals surface area contributed by atoms with Gasteiger partial charge in [0.25, 0.3) is 10.0 Å². The fraction of sp³-hybridized carbons (Fsp3) is 0.133. The van der Waals surface area contributed by atoms with Gasteiger partial charge >= 0.3 is 0 Å². The third-order valence-electron chi connectivity index (χ3n) is 3.27. The number of furan rings is 1. The van der Waals surface area contributed by atoms with E-state index in [-0.39, 0.29) is 10.7 Å².